The van der Waals surface area contributed by atoms with E-state index in [2.05, 4.69) is 0 Å². The predicted molar refractivity (Wildman–Crippen MR) is 38.0 cm³/mol. The van der Waals surface area contributed by atoms with Gasteiger partial charge in [-0.3, -0.25) is 0 Å². The van der Waals surface area contributed by atoms with Gasteiger partial charge in [-0.2, -0.15) is 0 Å². The van der Waals surface area contributed by atoms with Gasteiger partial charge >= 0.3 is 0 Å². The molecule has 0 fully saturated rings. The number of alkyl halides is 1. The number of hydrogen-bond donors (Lipinski definition) is 2. The van der Waals surface area contributed by atoms with Crippen LogP contribution in [0.15, 0.2) is 0 Å². The third-order valence-electron chi connectivity index (χ3n) is 1.03. The molecule has 0 saturated carbocycles. The van der Waals surface area contributed by atoms with Crippen LogP contribution in [-0.4, -0.2) is 18.8 Å². The molecule has 56 valence electrons. The molecule has 0 saturated heterocycles. The van der Waals surface area contributed by atoms with Crippen molar-refractivity contribution in [2.45, 2.75) is 24.6 Å². The zero-order valence-electron chi connectivity index (χ0n) is 5.51. The Kier molecular flexibility index (Phi) is 5.09. The molecule has 0 heterocycles. The molecule has 0 aliphatic heterocycles. The van der Waals surface area contributed by atoms with E-state index in [1.807, 2.05) is 0 Å². The quantitative estimate of drug-likeness (QED) is 0.344. The van der Waals surface area contributed by atoms with Gasteiger partial charge in [0.1, 0.15) is 6.23 Å². The Labute approximate surface area is 60.3 Å². The standard InChI is InChI=1S/C5H13ClN2O/c1-9-5(8)3-2-4(6)7/h4-5H,2-3,7-8H2,1H3. The maximum absolute atomic E-state index is 5.45. The van der Waals surface area contributed by atoms with Crippen molar-refractivity contribution in [1.82, 2.24) is 0 Å². The van der Waals surface area contributed by atoms with Crippen molar-refractivity contribution >= 4 is 11.6 Å². The van der Waals surface area contributed by atoms with Gasteiger partial charge in [-0.25, -0.2) is 0 Å². The van der Waals surface area contributed by atoms with E-state index in [0.29, 0.717) is 12.8 Å². The summed E-state index contributed by atoms with van der Waals surface area (Å²) >= 11 is 5.45. The molecule has 0 radical (unpaired) electrons. The van der Waals surface area contributed by atoms with Crippen LogP contribution in [0, 0.1) is 0 Å². The van der Waals surface area contributed by atoms with Gasteiger partial charge in [-0.1, -0.05) is 0 Å². The average molecular weight is 153 g/mol. The summed E-state index contributed by atoms with van der Waals surface area (Å²) in [5, 5.41) is 0. The Morgan fingerprint density at radius 1 is 1.44 bits per heavy atom. The summed E-state index contributed by atoms with van der Waals surface area (Å²) in [7, 11) is 1.56. The third-order valence-corrected chi connectivity index (χ3v) is 1.25. The molecule has 0 spiro atoms. The van der Waals surface area contributed by atoms with Gasteiger partial charge < -0.3 is 16.2 Å². The molecule has 2 atom stereocenters. The first-order valence-electron chi connectivity index (χ1n) is 2.85. The molecular formula is C5H13ClN2O. The van der Waals surface area contributed by atoms with Gasteiger partial charge in [-0.15, -0.1) is 11.6 Å². The van der Waals surface area contributed by atoms with Crippen LogP contribution in [-0.2, 0) is 4.74 Å². The van der Waals surface area contributed by atoms with Gasteiger partial charge in [0.25, 0.3) is 0 Å². The molecule has 0 rings (SSSR count). The van der Waals surface area contributed by atoms with Gasteiger partial charge in [-0.05, 0) is 12.8 Å². The molecule has 9 heavy (non-hydrogen) atoms. The van der Waals surface area contributed by atoms with Crippen molar-refractivity contribution in [1.29, 1.82) is 0 Å². The van der Waals surface area contributed by atoms with E-state index in [9.17, 15) is 0 Å². The Bertz CT molecular complexity index is 70.0. The number of nitrogens with two attached hydrogens (primary N) is 2. The Balaban J connectivity index is 3.06. The lowest BCUT2D eigenvalue weighted by Gasteiger charge is -2.08. The fourth-order valence-corrected chi connectivity index (χ4v) is 0.567. The monoisotopic (exact) mass is 152 g/mol. The van der Waals surface area contributed by atoms with Crippen LogP contribution < -0.4 is 11.5 Å². The number of rotatable bonds is 4. The van der Waals surface area contributed by atoms with Gasteiger partial charge in [0.2, 0.25) is 0 Å². The minimum atomic E-state index is -0.300. The third kappa shape index (κ3) is 6.05. The van der Waals surface area contributed by atoms with Crippen molar-refractivity contribution in [3.05, 3.63) is 0 Å². The normalized spacial score (nSPS) is 17.3. The maximum atomic E-state index is 5.45. The van der Waals surface area contributed by atoms with Crippen molar-refractivity contribution in [2.24, 2.45) is 11.5 Å². The van der Waals surface area contributed by atoms with Crippen LogP contribution in [0.5, 0.6) is 0 Å². The summed E-state index contributed by atoms with van der Waals surface area (Å²) in [5.74, 6) is 0. The highest BCUT2D eigenvalue weighted by Crippen LogP contribution is 2.00. The van der Waals surface area contributed by atoms with Crippen molar-refractivity contribution < 1.29 is 4.74 Å². The maximum Gasteiger partial charge on any atom is 0.105 e. The minimum Gasteiger partial charge on any atom is -0.367 e. The minimum absolute atomic E-state index is 0.227. The van der Waals surface area contributed by atoms with Crippen molar-refractivity contribution in [3.63, 3.8) is 0 Å². The van der Waals surface area contributed by atoms with Gasteiger partial charge in [0, 0.05) is 7.11 Å². The van der Waals surface area contributed by atoms with E-state index in [-0.39, 0.29) is 11.7 Å². The summed E-state index contributed by atoms with van der Waals surface area (Å²) < 4.78 is 4.76. The molecule has 0 bridgehead atoms. The van der Waals surface area contributed by atoms with Crippen LogP contribution in [0.2, 0.25) is 0 Å². The topological polar surface area (TPSA) is 61.3 Å². The fourth-order valence-electron chi connectivity index (χ4n) is 0.441. The molecule has 0 aromatic rings. The van der Waals surface area contributed by atoms with E-state index < -0.39 is 0 Å². The van der Waals surface area contributed by atoms with Gasteiger partial charge in [0.05, 0.1) is 5.50 Å². The molecule has 4 heteroatoms. The summed E-state index contributed by atoms with van der Waals surface area (Å²) in [4.78, 5) is 0. The molecule has 0 aliphatic carbocycles. The van der Waals surface area contributed by atoms with Crippen molar-refractivity contribution in [2.75, 3.05) is 7.11 Å². The zero-order chi connectivity index (χ0) is 7.28. The predicted octanol–water partition coefficient (Wildman–Crippen LogP) is 0.221. The molecule has 3 nitrogen and oxygen atoms in total. The molecule has 0 aromatic heterocycles. The lowest BCUT2D eigenvalue weighted by Crippen LogP contribution is -2.24. The van der Waals surface area contributed by atoms with Crippen LogP contribution in [0.25, 0.3) is 0 Å². The van der Waals surface area contributed by atoms with Crippen LogP contribution in [0.1, 0.15) is 12.8 Å². The summed E-state index contributed by atoms with van der Waals surface area (Å²) in [6.45, 7) is 0. The lowest BCUT2D eigenvalue weighted by molar-refractivity contribution is 0.0989. The van der Waals surface area contributed by atoms with Crippen LogP contribution in [0.3, 0.4) is 0 Å². The first kappa shape index (κ1) is 9.17. The zero-order valence-corrected chi connectivity index (χ0v) is 6.27. The van der Waals surface area contributed by atoms with E-state index in [1.54, 1.807) is 7.11 Å². The number of ether oxygens (including phenoxy) is 1. The summed E-state index contributed by atoms with van der Waals surface area (Å²) in [6, 6.07) is 0. The molecule has 0 aliphatic rings. The Morgan fingerprint density at radius 3 is 2.33 bits per heavy atom. The number of halogens is 1. The smallest absolute Gasteiger partial charge is 0.105 e. The largest absolute Gasteiger partial charge is 0.367 e. The average Bonchev–Trinajstić information content (AvgIpc) is 1.83. The number of hydrogen-bond acceptors (Lipinski definition) is 3. The molecule has 0 amide bonds. The summed E-state index contributed by atoms with van der Waals surface area (Å²) in [6.07, 6.45) is 1.17. The second kappa shape index (κ2) is 4.99. The van der Waals surface area contributed by atoms with E-state index in [0.717, 1.165) is 0 Å². The van der Waals surface area contributed by atoms with Crippen LogP contribution >= 0.6 is 11.6 Å². The SMILES string of the molecule is COC(N)CCC(N)Cl. The second-order valence-corrected chi connectivity index (χ2v) is 2.43. The highest BCUT2D eigenvalue weighted by Gasteiger charge is 2.01. The Hall–Kier alpha value is 0.170. The molecule has 0 aromatic carbocycles. The second-order valence-electron chi connectivity index (χ2n) is 1.87. The first-order valence-corrected chi connectivity index (χ1v) is 3.28. The number of methoxy groups -OCH3 is 1. The van der Waals surface area contributed by atoms with Crippen molar-refractivity contribution in [3.8, 4) is 0 Å². The van der Waals surface area contributed by atoms with Crippen LogP contribution in [0.4, 0.5) is 0 Å². The summed E-state index contributed by atoms with van der Waals surface area (Å²) in [5.41, 5.74) is 10.3. The van der Waals surface area contributed by atoms with Gasteiger partial charge in [0.15, 0.2) is 0 Å². The fraction of sp³-hybridized carbons (Fsp3) is 1.00. The first-order chi connectivity index (χ1) is 4.16. The Morgan fingerprint density at radius 2 is 2.00 bits per heavy atom. The van der Waals surface area contributed by atoms with E-state index in [4.69, 9.17) is 27.8 Å². The molecule has 2 unspecified atom stereocenters. The highest BCUT2D eigenvalue weighted by molar-refractivity contribution is 6.20. The lowest BCUT2D eigenvalue weighted by atomic mass is 10.3. The molecule has 4 N–H and O–H groups in total. The van der Waals surface area contributed by atoms with E-state index >= 15 is 0 Å². The van der Waals surface area contributed by atoms with E-state index in [1.165, 1.54) is 0 Å². The highest BCUT2D eigenvalue weighted by atomic mass is 35.5. The molecular weight excluding hydrogens is 140 g/mol.